The molecule has 0 saturated heterocycles. The van der Waals surface area contributed by atoms with Crippen LogP contribution in [0.25, 0.3) is 0 Å². The zero-order chi connectivity index (χ0) is 14.4. The molecule has 0 aliphatic rings. The van der Waals surface area contributed by atoms with E-state index in [0.717, 1.165) is 5.56 Å². The first-order chi connectivity index (χ1) is 9.66. The van der Waals surface area contributed by atoms with Gasteiger partial charge in [0.25, 0.3) is 5.91 Å². The van der Waals surface area contributed by atoms with E-state index >= 15 is 0 Å². The highest BCUT2D eigenvalue weighted by Gasteiger charge is 2.13. The topological polar surface area (TPSA) is 71.2 Å². The number of rotatable bonds is 5. The van der Waals surface area contributed by atoms with Crippen molar-refractivity contribution in [1.29, 1.82) is 0 Å². The maximum Gasteiger partial charge on any atom is 0.355 e. The lowest BCUT2D eigenvalue weighted by atomic mass is 10.1. The van der Waals surface area contributed by atoms with Gasteiger partial charge in [-0.25, -0.2) is 4.79 Å². The van der Waals surface area contributed by atoms with E-state index in [9.17, 15) is 9.59 Å². The summed E-state index contributed by atoms with van der Waals surface area (Å²) in [6, 6.07) is 12.7. The molecule has 0 saturated carbocycles. The van der Waals surface area contributed by atoms with E-state index in [1.165, 1.54) is 0 Å². The van der Waals surface area contributed by atoms with E-state index in [0.29, 0.717) is 5.69 Å². The van der Waals surface area contributed by atoms with Gasteiger partial charge in [0, 0.05) is 6.20 Å². The van der Waals surface area contributed by atoms with Crippen LogP contribution in [0, 0.1) is 0 Å². The Bertz CT molecular complexity index is 564. The van der Waals surface area contributed by atoms with Crippen LogP contribution in [0.15, 0.2) is 48.7 Å². The summed E-state index contributed by atoms with van der Waals surface area (Å²) in [5.41, 5.74) is 1.32. The molecule has 0 bridgehead atoms. The van der Waals surface area contributed by atoms with Gasteiger partial charge in [0.15, 0.2) is 6.61 Å². The van der Waals surface area contributed by atoms with Gasteiger partial charge in [0.2, 0.25) is 0 Å². The lowest BCUT2D eigenvalue weighted by Gasteiger charge is -2.14. The predicted molar refractivity (Wildman–Crippen MR) is 74.1 cm³/mol. The Labute approximate surface area is 117 Å². The number of benzene rings is 1. The Morgan fingerprint density at radius 2 is 1.95 bits per heavy atom. The molecular formula is C15H16N2O3. The molecular weight excluding hydrogens is 256 g/mol. The number of esters is 1. The number of nitrogens with one attached hydrogen (secondary N) is 2. The second kappa shape index (κ2) is 6.56. The van der Waals surface area contributed by atoms with Crippen molar-refractivity contribution >= 4 is 11.9 Å². The first kappa shape index (κ1) is 13.9. The van der Waals surface area contributed by atoms with Crippen LogP contribution in [-0.4, -0.2) is 23.5 Å². The Morgan fingerprint density at radius 1 is 1.20 bits per heavy atom. The first-order valence-corrected chi connectivity index (χ1v) is 6.31. The molecule has 1 aromatic heterocycles. The Hall–Kier alpha value is -2.56. The molecule has 2 rings (SSSR count). The molecule has 2 N–H and O–H groups in total. The molecule has 1 atom stereocenters. The molecule has 5 heteroatoms. The van der Waals surface area contributed by atoms with Crippen LogP contribution in [0.1, 0.15) is 29.0 Å². The molecule has 20 heavy (non-hydrogen) atoms. The summed E-state index contributed by atoms with van der Waals surface area (Å²) in [4.78, 5) is 26.0. The fourth-order valence-electron chi connectivity index (χ4n) is 1.77. The summed E-state index contributed by atoms with van der Waals surface area (Å²) in [7, 11) is 0. The number of amides is 1. The zero-order valence-electron chi connectivity index (χ0n) is 11.1. The number of carbonyl (C=O) groups is 2. The highest BCUT2D eigenvalue weighted by Crippen LogP contribution is 2.10. The Morgan fingerprint density at radius 3 is 2.60 bits per heavy atom. The van der Waals surface area contributed by atoms with Crippen molar-refractivity contribution in [3.63, 3.8) is 0 Å². The Balaban J connectivity index is 1.80. The third kappa shape index (κ3) is 3.71. The quantitative estimate of drug-likeness (QED) is 0.818. The van der Waals surface area contributed by atoms with Crippen molar-refractivity contribution in [2.45, 2.75) is 13.0 Å². The number of carbonyl (C=O) groups excluding carboxylic acids is 2. The van der Waals surface area contributed by atoms with E-state index in [2.05, 4.69) is 10.3 Å². The zero-order valence-corrected chi connectivity index (χ0v) is 11.1. The molecule has 1 heterocycles. The van der Waals surface area contributed by atoms with Gasteiger partial charge in [-0.3, -0.25) is 4.79 Å². The highest BCUT2D eigenvalue weighted by molar-refractivity contribution is 5.89. The van der Waals surface area contributed by atoms with Crippen LogP contribution in [0.3, 0.4) is 0 Å². The summed E-state index contributed by atoms with van der Waals surface area (Å²) in [6.07, 6.45) is 1.62. The number of ether oxygens (including phenoxy) is 1. The van der Waals surface area contributed by atoms with Crippen molar-refractivity contribution in [2.24, 2.45) is 0 Å². The van der Waals surface area contributed by atoms with Crippen LogP contribution < -0.4 is 5.32 Å². The molecule has 5 nitrogen and oxygen atoms in total. The largest absolute Gasteiger partial charge is 0.451 e. The van der Waals surface area contributed by atoms with Gasteiger partial charge >= 0.3 is 5.97 Å². The van der Waals surface area contributed by atoms with E-state index in [1.807, 2.05) is 37.3 Å². The fraction of sp³-hybridized carbons (Fsp3) is 0.200. The number of aromatic amines is 1. The second-order valence-corrected chi connectivity index (χ2v) is 4.36. The van der Waals surface area contributed by atoms with Crippen molar-refractivity contribution in [3.05, 3.63) is 59.9 Å². The minimum absolute atomic E-state index is 0.132. The third-order valence-corrected chi connectivity index (χ3v) is 2.83. The number of H-pyrrole nitrogens is 1. The number of hydrogen-bond acceptors (Lipinski definition) is 3. The fourth-order valence-corrected chi connectivity index (χ4v) is 1.77. The van der Waals surface area contributed by atoms with Gasteiger partial charge in [-0.15, -0.1) is 0 Å². The van der Waals surface area contributed by atoms with Crippen LogP contribution >= 0.6 is 0 Å². The molecule has 0 spiro atoms. The summed E-state index contributed by atoms with van der Waals surface area (Å²) >= 11 is 0. The molecule has 0 fully saturated rings. The van der Waals surface area contributed by atoms with E-state index in [4.69, 9.17) is 4.74 Å². The van der Waals surface area contributed by atoms with Gasteiger partial charge in [-0.1, -0.05) is 30.3 Å². The molecule has 0 radical (unpaired) electrons. The first-order valence-electron chi connectivity index (χ1n) is 6.31. The minimum Gasteiger partial charge on any atom is -0.451 e. The molecule has 104 valence electrons. The van der Waals surface area contributed by atoms with Gasteiger partial charge in [0.1, 0.15) is 5.69 Å². The molecule has 1 amide bonds. The van der Waals surface area contributed by atoms with E-state index in [1.54, 1.807) is 18.3 Å². The maximum absolute atomic E-state index is 11.7. The van der Waals surface area contributed by atoms with Crippen LogP contribution in [0.5, 0.6) is 0 Å². The van der Waals surface area contributed by atoms with Crippen LogP contribution in [0.4, 0.5) is 0 Å². The van der Waals surface area contributed by atoms with E-state index < -0.39 is 5.97 Å². The normalized spacial score (nSPS) is 11.7. The maximum atomic E-state index is 11.7. The summed E-state index contributed by atoms with van der Waals surface area (Å²) in [6.45, 7) is 1.58. The molecule has 2 aromatic rings. The average molecular weight is 272 g/mol. The summed E-state index contributed by atoms with van der Waals surface area (Å²) in [5.74, 6) is -0.876. The second-order valence-electron chi connectivity index (χ2n) is 4.36. The molecule has 1 aromatic carbocycles. The lowest BCUT2D eigenvalue weighted by Crippen LogP contribution is -2.31. The summed E-state index contributed by atoms with van der Waals surface area (Å²) < 4.78 is 4.90. The number of aromatic nitrogens is 1. The monoisotopic (exact) mass is 272 g/mol. The Kier molecular flexibility index (Phi) is 4.55. The van der Waals surface area contributed by atoms with Gasteiger partial charge in [0.05, 0.1) is 6.04 Å². The van der Waals surface area contributed by atoms with Crippen LogP contribution in [-0.2, 0) is 9.53 Å². The third-order valence-electron chi connectivity index (χ3n) is 2.83. The molecule has 0 unspecified atom stereocenters. The van der Waals surface area contributed by atoms with Gasteiger partial charge in [-0.05, 0) is 24.6 Å². The minimum atomic E-state index is -0.544. The molecule has 0 aliphatic heterocycles. The van der Waals surface area contributed by atoms with Gasteiger partial charge < -0.3 is 15.0 Å². The lowest BCUT2D eigenvalue weighted by molar-refractivity contribution is -0.124. The average Bonchev–Trinajstić information content (AvgIpc) is 3.00. The van der Waals surface area contributed by atoms with Crippen molar-refractivity contribution in [3.8, 4) is 0 Å². The van der Waals surface area contributed by atoms with Crippen molar-refractivity contribution < 1.29 is 14.3 Å². The SMILES string of the molecule is C[C@H](NC(=O)COC(=O)c1ccc[nH]1)c1ccccc1. The van der Waals surface area contributed by atoms with Crippen molar-refractivity contribution in [2.75, 3.05) is 6.61 Å². The highest BCUT2D eigenvalue weighted by atomic mass is 16.5. The van der Waals surface area contributed by atoms with Gasteiger partial charge in [-0.2, -0.15) is 0 Å². The smallest absolute Gasteiger partial charge is 0.355 e. The van der Waals surface area contributed by atoms with Crippen LogP contribution in [0.2, 0.25) is 0 Å². The van der Waals surface area contributed by atoms with Crippen molar-refractivity contribution in [1.82, 2.24) is 10.3 Å². The molecule has 0 aliphatic carbocycles. The summed E-state index contributed by atoms with van der Waals surface area (Å²) in [5, 5.41) is 2.77. The van der Waals surface area contributed by atoms with E-state index in [-0.39, 0.29) is 18.6 Å². The number of hydrogen-bond donors (Lipinski definition) is 2. The standard InChI is InChI=1S/C15H16N2O3/c1-11(12-6-3-2-4-7-12)17-14(18)10-20-15(19)13-8-5-9-16-13/h2-9,11,16H,10H2,1H3,(H,17,18)/t11-/m0/s1. The predicted octanol–water partition coefficient (Wildman–Crippen LogP) is 2.05.